The Kier molecular flexibility index (Phi) is 5.32. The minimum atomic E-state index is 0.919. The molecule has 9 aromatic carbocycles. The third kappa shape index (κ3) is 3.50. The predicted octanol–water partition coefficient (Wildman–Crippen LogP) is 13.9. The lowest BCUT2D eigenvalue weighted by atomic mass is 9.84. The van der Waals surface area contributed by atoms with E-state index in [1.807, 2.05) is 11.3 Å². The van der Waals surface area contributed by atoms with E-state index in [0.29, 0.717) is 0 Å². The maximum Gasteiger partial charge on any atom is 0.144 e. The Bertz CT molecular complexity index is 3060. The maximum absolute atomic E-state index is 6.91. The number of hydrogen-bond donors (Lipinski definition) is 0. The van der Waals surface area contributed by atoms with Crippen molar-refractivity contribution in [3.05, 3.63) is 158 Å². The Labute approximate surface area is 279 Å². The van der Waals surface area contributed by atoms with Gasteiger partial charge in [0.1, 0.15) is 11.2 Å². The van der Waals surface area contributed by atoms with E-state index in [-0.39, 0.29) is 0 Å². The number of thiophene rings is 1. The molecule has 2 aromatic heterocycles. The molecule has 0 saturated heterocycles. The van der Waals surface area contributed by atoms with Crippen LogP contribution < -0.4 is 0 Å². The number of rotatable bonds is 2. The van der Waals surface area contributed by atoms with Crippen LogP contribution in [0.2, 0.25) is 0 Å². The van der Waals surface area contributed by atoms with Crippen molar-refractivity contribution in [2.75, 3.05) is 0 Å². The number of furan rings is 1. The van der Waals surface area contributed by atoms with Gasteiger partial charge in [-0.15, -0.1) is 11.3 Å². The average Bonchev–Trinajstić information content (AvgIpc) is 3.71. The van der Waals surface area contributed by atoms with Gasteiger partial charge in [-0.2, -0.15) is 0 Å². The third-order valence-electron chi connectivity index (χ3n) is 10.2. The lowest BCUT2D eigenvalue weighted by Crippen LogP contribution is -1.92. The van der Waals surface area contributed by atoms with Crippen molar-refractivity contribution in [1.82, 2.24) is 0 Å². The molecule has 0 unspecified atom stereocenters. The standard InChI is InChI=1S/C46H26OS/c1-3-15-29-27(12-1)14-11-22-32(29)41-33-18-5-7-20-35(33)42(36-21-8-6-19-34(36)41)43-44-38(31-17-9-10-23-40(31)47-44)26-39-37-25-24-28-13-2-4-16-30(28)45(37)48-46(39)43/h1-26H. The SMILES string of the molecule is c1ccc2c(-c3c4ccccc4c(-c4c5oc6ccccc6c5cc5c4sc4c6ccccc6ccc54)c4ccccc34)cccc2c1. The molecule has 11 aromatic rings. The van der Waals surface area contributed by atoms with Crippen molar-refractivity contribution in [3.8, 4) is 22.3 Å². The van der Waals surface area contributed by atoms with Gasteiger partial charge >= 0.3 is 0 Å². The molecule has 0 atom stereocenters. The first kappa shape index (κ1) is 26.1. The minimum absolute atomic E-state index is 0.919. The summed E-state index contributed by atoms with van der Waals surface area (Å²) in [5, 5.41) is 14.9. The smallest absolute Gasteiger partial charge is 0.144 e. The number of benzene rings is 9. The van der Waals surface area contributed by atoms with Gasteiger partial charge in [0, 0.05) is 42.1 Å². The fourth-order valence-corrected chi connectivity index (χ4v) is 9.54. The zero-order valence-corrected chi connectivity index (χ0v) is 26.6. The number of hydrogen-bond acceptors (Lipinski definition) is 2. The Morgan fingerprint density at radius 3 is 1.62 bits per heavy atom. The molecule has 11 rings (SSSR count). The first-order valence-electron chi connectivity index (χ1n) is 16.4. The fourth-order valence-electron chi connectivity index (χ4n) is 8.17. The van der Waals surface area contributed by atoms with E-state index in [1.54, 1.807) is 0 Å². The van der Waals surface area contributed by atoms with Crippen LogP contribution in [0.15, 0.2) is 162 Å². The van der Waals surface area contributed by atoms with Crippen LogP contribution in [-0.4, -0.2) is 0 Å². The average molecular weight is 627 g/mol. The van der Waals surface area contributed by atoms with Gasteiger partial charge in [0.05, 0.1) is 0 Å². The molecule has 0 N–H and O–H groups in total. The van der Waals surface area contributed by atoms with Gasteiger partial charge in [-0.3, -0.25) is 0 Å². The van der Waals surface area contributed by atoms with E-state index >= 15 is 0 Å². The van der Waals surface area contributed by atoms with E-state index in [1.165, 1.54) is 85.5 Å². The molecular weight excluding hydrogens is 601 g/mol. The van der Waals surface area contributed by atoms with Crippen LogP contribution in [0.25, 0.3) is 107 Å². The molecule has 0 aliphatic heterocycles. The second-order valence-electron chi connectivity index (χ2n) is 12.7. The van der Waals surface area contributed by atoms with E-state index < -0.39 is 0 Å². The molecule has 2 heteroatoms. The van der Waals surface area contributed by atoms with Crippen LogP contribution in [0, 0.1) is 0 Å². The van der Waals surface area contributed by atoms with Crippen molar-refractivity contribution < 1.29 is 4.42 Å². The second kappa shape index (κ2) is 9.78. The summed E-state index contributed by atoms with van der Waals surface area (Å²) >= 11 is 1.90. The summed E-state index contributed by atoms with van der Waals surface area (Å²) in [7, 11) is 0. The van der Waals surface area contributed by atoms with Crippen LogP contribution in [0.1, 0.15) is 0 Å². The lowest BCUT2D eigenvalue weighted by Gasteiger charge is -2.19. The summed E-state index contributed by atoms with van der Waals surface area (Å²) in [5.74, 6) is 0. The number of fused-ring (bicyclic) bond motifs is 11. The van der Waals surface area contributed by atoms with E-state index in [4.69, 9.17) is 4.42 Å². The zero-order chi connectivity index (χ0) is 31.3. The first-order chi connectivity index (χ1) is 23.8. The molecule has 0 aliphatic carbocycles. The van der Waals surface area contributed by atoms with Crippen molar-refractivity contribution in [2.45, 2.75) is 0 Å². The minimum Gasteiger partial charge on any atom is -0.455 e. The molecule has 0 spiro atoms. The highest BCUT2D eigenvalue weighted by Gasteiger charge is 2.25. The van der Waals surface area contributed by atoms with Gasteiger partial charge in [-0.25, -0.2) is 0 Å². The quantitative estimate of drug-likeness (QED) is 0.174. The highest BCUT2D eigenvalue weighted by atomic mass is 32.1. The largest absolute Gasteiger partial charge is 0.455 e. The van der Waals surface area contributed by atoms with Crippen LogP contribution in [0.3, 0.4) is 0 Å². The van der Waals surface area contributed by atoms with Gasteiger partial charge in [0.15, 0.2) is 0 Å². The Hall–Kier alpha value is -5.96. The molecule has 0 radical (unpaired) electrons. The van der Waals surface area contributed by atoms with Crippen molar-refractivity contribution in [1.29, 1.82) is 0 Å². The monoisotopic (exact) mass is 626 g/mol. The molecule has 1 nitrogen and oxygen atoms in total. The van der Waals surface area contributed by atoms with Crippen LogP contribution in [-0.2, 0) is 0 Å². The van der Waals surface area contributed by atoms with Crippen LogP contribution >= 0.6 is 11.3 Å². The molecule has 2 heterocycles. The number of para-hydroxylation sites is 1. The van der Waals surface area contributed by atoms with Gasteiger partial charge in [-0.05, 0) is 66.3 Å². The van der Waals surface area contributed by atoms with Crippen molar-refractivity contribution in [2.24, 2.45) is 0 Å². The molecule has 0 aliphatic rings. The first-order valence-corrected chi connectivity index (χ1v) is 17.3. The van der Waals surface area contributed by atoms with E-state index in [0.717, 1.165) is 21.9 Å². The van der Waals surface area contributed by atoms with E-state index in [2.05, 4.69) is 158 Å². The normalized spacial score (nSPS) is 12.2. The summed E-state index contributed by atoms with van der Waals surface area (Å²) in [4.78, 5) is 0. The van der Waals surface area contributed by atoms with E-state index in [9.17, 15) is 0 Å². The molecule has 0 saturated carbocycles. The highest BCUT2D eigenvalue weighted by molar-refractivity contribution is 7.27. The summed E-state index contributed by atoms with van der Waals surface area (Å²) in [6.45, 7) is 0. The lowest BCUT2D eigenvalue weighted by molar-refractivity contribution is 0.670. The van der Waals surface area contributed by atoms with Gasteiger partial charge < -0.3 is 4.42 Å². The highest BCUT2D eigenvalue weighted by Crippen LogP contribution is 2.52. The van der Waals surface area contributed by atoms with Gasteiger partial charge in [-0.1, -0.05) is 146 Å². The zero-order valence-electron chi connectivity index (χ0n) is 25.8. The molecule has 0 bridgehead atoms. The molecule has 48 heavy (non-hydrogen) atoms. The second-order valence-corrected chi connectivity index (χ2v) is 13.8. The Morgan fingerprint density at radius 1 is 0.333 bits per heavy atom. The summed E-state index contributed by atoms with van der Waals surface area (Å²) in [5.41, 5.74) is 6.82. The topological polar surface area (TPSA) is 13.1 Å². The van der Waals surface area contributed by atoms with Gasteiger partial charge in [0.2, 0.25) is 0 Å². The van der Waals surface area contributed by atoms with Crippen molar-refractivity contribution in [3.63, 3.8) is 0 Å². The fraction of sp³-hybridized carbons (Fsp3) is 0. The van der Waals surface area contributed by atoms with Crippen LogP contribution in [0.4, 0.5) is 0 Å². The van der Waals surface area contributed by atoms with Crippen LogP contribution in [0.5, 0.6) is 0 Å². The molecular formula is C46H26OS. The molecule has 222 valence electrons. The Balaban J connectivity index is 1.38. The van der Waals surface area contributed by atoms with Crippen molar-refractivity contribution >= 4 is 96.5 Å². The third-order valence-corrected chi connectivity index (χ3v) is 11.5. The molecule has 0 amide bonds. The molecule has 0 fully saturated rings. The maximum atomic E-state index is 6.91. The summed E-state index contributed by atoms with van der Waals surface area (Å²) < 4.78 is 9.49. The summed E-state index contributed by atoms with van der Waals surface area (Å²) in [6.07, 6.45) is 0. The predicted molar refractivity (Wildman–Crippen MR) is 208 cm³/mol. The Morgan fingerprint density at radius 2 is 0.896 bits per heavy atom. The summed E-state index contributed by atoms with van der Waals surface area (Å²) in [6, 6.07) is 57.5. The van der Waals surface area contributed by atoms with Gasteiger partial charge in [0.25, 0.3) is 0 Å².